The molecule has 3 atom stereocenters. The molecule has 1 amide bonds. The summed E-state index contributed by atoms with van der Waals surface area (Å²) in [4.78, 5) is 13.5. The maximum absolute atomic E-state index is 13.5. The molecule has 1 saturated heterocycles. The third-order valence-corrected chi connectivity index (χ3v) is 5.93. The molecule has 0 bridgehead atoms. The van der Waals surface area contributed by atoms with Gasteiger partial charge in [0, 0.05) is 18.0 Å². The van der Waals surface area contributed by atoms with Gasteiger partial charge in [-0.3, -0.25) is 9.80 Å². The molecule has 5 heteroatoms. The Bertz CT molecular complexity index is 971. The van der Waals surface area contributed by atoms with Gasteiger partial charge in [0.25, 0.3) is 5.91 Å². The fraction of sp³-hybridized carbons (Fsp3) is 0.261. The van der Waals surface area contributed by atoms with Gasteiger partial charge >= 0.3 is 0 Å². The zero-order valence-electron chi connectivity index (χ0n) is 15.4. The first-order valence-electron chi connectivity index (χ1n) is 9.67. The molecule has 142 valence electrons. The number of aliphatic hydroxyl groups is 1. The third kappa shape index (κ3) is 2.58. The molecule has 1 N–H and O–H groups in total. The van der Waals surface area contributed by atoms with E-state index in [4.69, 9.17) is 4.42 Å². The first kappa shape index (κ1) is 17.2. The molecule has 5 nitrogen and oxygen atoms in total. The SMILES string of the molecule is O=C(c1ccccc1)N1[C@H](c2ccco2)[C@@H](CO)[C@@H]2c3ccccc3CCN21. The summed E-state index contributed by atoms with van der Waals surface area (Å²) in [5, 5.41) is 14.3. The fourth-order valence-corrected chi connectivity index (χ4v) is 4.74. The number of hydrazine groups is 1. The predicted octanol–water partition coefficient (Wildman–Crippen LogP) is 3.60. The number of rotatable bonds is 3. The van der Waals surface area contributed by atoms with E-state index in [9.17, 15) is 9.90 Å². The van der Waals surface area contributed by atoms with Crippen LogP contribution in [-0.4, -0.2) is 34.2 Å². The third-order valence-electron chi connectivity index (χ3n) is 5.93. The van der Waals surface area contributed by atoms with Crippen LogP contribution in [0.1, 0.15) is 39.3 Å². The van der Waals surface area contributed by atoms with E-state index in [1.54, 1.807) is 6.26 Å². The summed E-state index contributed by atoms with van der Waals surface area (Å²) in [5.41, 5.74) is 3.11. The maximum Gasteiger partial charge on any atom is 0.268 e. The molecule has 2 aliphatic rings. The van der Waals surface area contributed by atoms with Crippen LogP contribution in [0.25, 0.3) is 0 Å². The predicted molar refractivity (Wildman–Crippen MR) is 104 cm³/mol. The average Bonchev–Trinajstić information content (AvgIpc) is 3.39. The molecule has 0 saturated carbocycles. The van der Waals surface area contributed by atoms with Crippen LogP contribution in [0.15, 0.2) is 77.4 Å². The Balaban J connectivity index is 1.65. The Kier molecular flexibility index (Phi) is 4.26. The van der Waals surface area contributed by atoms with E-state index in [0.29, 0.717) is 11.3 Å². The average molecular weight is 374 g/mol. The molecule has 3 aromatic rings. The van der Waals surface area contributed by atoms with Crippen LogP contribution >= 0.6 is 0 Å². The van der Waals surface area contributed by atoms with Crippen molar-refractivity contribution in [2.45, 2.75) is 18.5 Å². The molecule has 1 aromatic heterocycles. The second-order valence-electron chi connectivity index (χ2n) is 7.38. The second kappa shape index (κ2) is 6.93. The van der Waals surface area contributed by atoms with Crippen LogP contribution in [0.2, 0.25) is 0 Å². The lowest BCUT2D eigenvalue weighted by molar-refractivity contribution is -0.0187. The van der Waals surface area contributed by atoms with Gasteiger partial charge in [-0.05, 0) is 41.8 Å². The van der Waals surface area contributed by atoms with Crippen LogP contribution in [0, 0.1) is 5.92 Å². The van der Waals surface area contributed by atoms with Crippen molar-refractivity contribution in [3.05, 3.63) is 95.4 Å². The molecule has 3 heterocycles. The minimum absolute atomic E-state index is 0.0283. The van der Waals surface area contributed by atoms with E-state index in [1.807, 2.05) is 59.6 Å². The number of amides is 1. The van der Waals surface area contributed by atoms with Crippen molar-refractivity contribution in [1.29, 1.82) is 0 Å². The molecule has 2 aliphatic heterocycles. The number of benzene rings is 2. The van der Waals surface area contributed by atoms with Gasteiger partial charge in [-0.2, -0.15) is 0 Å². The van der Waals surface area contributed by atoms with E-state index in [-0.39, 0.29) is 30.5 Å². The van der Waals surface area contributed by atoms with Crippen molar-refractivity contribution in [3.8, 4) is 0 Å². The van der Waals surface area contributed by atoms with Gasteiger partial charge in [-0.1, -0.05) is 42.5 Å². The van der Waals surface area contributed by atoms with E-state index < -0.39 is 0 Å². The number of hydrogen-bond acceptors (Lipinski definition) is 4. The van der Waals surface area contributed by atoms with E-state index >= 15 is 0 Å². The second-order valence-corrected chi connectivity index (χ2v) is 7.38. The molecule has 5 rings (SSSR count). The maximum atomic E-state index is 13.5. The van der Waals surface area contributed by atoms with Crippen LogP contribution in [0.5, 0.6) is 0 Å². The van der Waals surface area contributed by atoms with Crippen LogP contribution in [-0.2, 0) is 6.42 Å². The Hall–Kier alpha value is -2.89. The summed E-state index contributed by atoms with van der Waals surface area (Å²) in [6, 6.07) is 21.0. The number of fused-ring (bicyclic) bond motifs is 3. The van der Waals surface area contributed by atoms with E-state index in [1.165, 1.54) is 11.1 Å². The highest BCUT2D eigenvalue weighted by Gasteiger charge is 2.53. The number of carbonyl (C=O) groups is 1. The van der Waals surface area contributed by atoms with Crippen LogP contribution < -0.4 is 0 Å². The smallest absolute Gasteiger partial charge is 0.268 e. The summed E-state index contributed by atoms with van der Waals surface area (Å²) in [6.07, 6.45) is 2.49. The molecular formula is C23H22N2O3. The Morgan fingerprint density at radius 1 is 1.00 bits per heavy atom. The molecule has 0 aliphatic carbocycles. The monoisotopic (exact) mass is 374 g/mol. The molecule has 2 aromatic carbocycles. The van der Waals surface area contributed by atoms with Crippen molar-refractivity contribution in [2.24, 2.45) is 5.92 Å². The number of nitrogens with zero attached hydrogens (tertiary/aromatic N) is 2. The minimum Gasteiger partial charge on any atom is -0.467 e. The zero-order valence-corrected chi connectivity index (χ0v) is 15.4. The van der Waals surface area contributed by atoms with Gasteiger partial charge in [-0.25, -0.2) is 5.01 Å². The van der Waals surface area contributed by atoms with Gasteiger partial charge < -0.3 is 9.52 Å². The van der Waals surface area contributed by atoms with Crippen molar-refractivity contribution < 1.29 is 14.3 Å². The molecule has 0 spiro atoms. The first-order valence-corrected chi connectivity index (χ1v) is 9.67. The summed E-state index contributed by atoms with van der Waals surface area (Å²) in [6.45, 7) is 0.702. The molecule has 1 fully saturated rings. The van der Waals surface area contributed by atoms with Gasteiger partial charge in [0.05, 0.1) is 18.9 Å². The molecule has 0 radical (unpaired) electrons. The first-order chi connectivity index (χ1) is 13.8. The zero-order chi connectivity index (χ0) is 19.1. The highest BCUT2D eigenvalue weighted by Crippen LogP contribution is 2.51. The van der Waals surface area contributed by atoms with Crippen molar-refractivity contribution >= 4 is 5.91 Å². The molecule has 28 heavy (non-hydrogen) atoms. The number of furan rings is 1. The largest absolute Gasteiger partial charge is 0.467 e. The molecule has 0 unspecified atom stereocenters. The lowest BCUT2D eigenvalue weighted by atomic mass is 9.84. The molecular weight excluding hydrogens is 352 g/mol. The van der Waals surface area contributed by atoms with Gasteiger partial charge in [0.2, 0.25) is 0 Å². The lowest BCUT2D eigenvalue weighted by Gasteiger charge is -2.37. The van der Waals surface area contributed by atoms with Crippen LogP contribution in [0.4, 0.5) is 0 Å². The highest BCUT2D eigenvalue weighted by molar-refractivity contribution is 5.94. The van der Waals surface area contributed by atoms with Gasteiger partial charge in [0.1, 0.15) is 11.8 Å². The van der Waals surface area contributed by atoms with Crippen molar-refractivity contribution in [3.63, 3.8) is 0 Å². The van der Waals surface area contributed by atoms with Gasteiger partial charge in [-0.15, -0.1) is 0 Å². The quantitative estimate of drug-likeness (QED) is 0.761. The fourth-order valence-electron chi connectivity index (χ4n) is 4.74. The Labute approximate surface area is 163 Å². The van der Waals surface area contributed by atoms with Crippen LogP contribution in [0.3, 0.4) is 0 Å². The van der Waals surface area contributed by atoms with E-state index in [2.05, 4.69) is 17.1 Å². The topological polar surface area (TPSA) is 56.9 Å². The van der Waals surface area contributed by atoms with Crippen molar-refractivity contribution in [1.82, 2.24) is 10.0 Å². The Morgan fingerprint density at radius 2 is 1.79 bits per heavy atom. The standard InChI is InChI=1S/C23H22N2O3/c26-15-19-21-18-10-5-4-7-16(18)12-13-24(21)25(22(19)20-11-6-14-28-20)23(27)17-8-2-1-3-9-17/h1-11,14,19,21-22,26H,12-13,15H2/t19-,21-,22-/m0/s1. The lowest BCUT2D eigenvalue weighted by Crippen LogP contribution is -2.45. The summed E-state index contributed by atoms with van der Waals surface area (Å²) in [7, 11) is 0. The van der Waals surface area contributed by atoms with E-state index in [0.717, 1.165) is 13.0 Å². The highest BCUT2D eigenvalue weighted by atomic mass is 16.3. The summed E-state index contributed by atoms with van der Waals surface area (Å²) >= 11 is 0. The summed E-state index contributed by atoms with van der Waals surface area (Å²) < 4.78 is 5.73. The number of carbonyl (C=O) groups excluding carboxylic acids is 1. The van der Waals surface area contributed by atoms with Crippen molar-refractivity contribution in [2.75, 3.05) is 13.2 Å². The van der Waals surface area contributed by atoms with Gasteiger partial charge in [0.15, 0.2) is 0 Å². The Morgan fingerprint density at radius 3 is 2.54 bits per heavy atom. The normalized spacial score (nSPS) is 24.0. The number of hydrogen-bond donors (Lipinski definition) is 1. The number of aliphatic hydroxyl groups excluding tert-OH is 1. The summed E-state index contributed by atoms with van der Waals surface area (Å²) in [5.74, 6) is 0.470. The minimum atomic E-state index is -0.344.